The number of hydrogen-bond acceptors (Lipinski definition) is 1. The van der Waals surface area contributed by atoms with Crippen molar-refractivity contribution in [3.05, 3.63) is 34.1 Å². The molecule has 1 rings (SSSR count). The minimum Gasteiger partial charge on any atom is -0.481 e. The van der Waals surface area contributed by atoms with Crippen LogP contribution in [0.4, 0.5) is 13.2 Å². The lowest BCUT2D eigenvalue weighted by atomic mass is 10.3. The van der Waals surface area contributed by atoms with E-state index >= 15 is 0 Å². The summed E-state index contributed by atoms with van der Waals surface area (Å²) in [7, 11) is 0. The van der Waals surface area contributed by atoms with Crippen molar-refractivity contribution < 1.29 is 23.1 Å². The van der Waals surface area contributed by atoms with Crippen molar-refractivity contribution in [1.82, 2.24) is 0 Å². The first-order chi connectivity index (χ1) is 7.88. The Bertz CT molecular complexity index is 360. The lowest BCUT2D eigenvalue weighted by molar-refractivity contribution is -0.137. The molecule has 0 radical (unpaired) electrons. The van der Waals surface area contributed by atoms with E-state index < -0.39 is 23.4 Å². The molecule has 0 saturated carbocycles. The SMILES string of the molecule is CCCCC(=O)O.Fc1cc(Br)cc(F)c1F. The summed E-state index contributed by atoms with van der Waals surface area (Å²) in [6.07, 6.45) is 2.08. The van der Waals surface area contributed by atoms with Crippen LogP contribution in [0.2, 0.25) is 0 Å². The zero-order valence-corrected chi connectivity index (χ0v) is 10.7. The lowest BCUT2D eigenvalue weighted by Gasteiger charge is -1.94. The van der Waals surface area contributed by atoms with Gasteiger partial charge in [0.25, 0.3) is 0 Å². The molecule has 0 saturated heterocycles. The summed E-state index contributed by atoms with van der Waals surface area (Å²) in [5.41, 5.74) is 0. The van der Waals surface area contributed by atoms with E-state index in [9.17, 15) is 18.0 Å². The normalized spacial score (nSPS) is 9.47. The largest absolute Gasteiger partial charge is 0.481 e. The van der Waals surface area contributed by atoms with Gasteiger partial charge in [0.05, 0.1) is 0 Å². The quantitative estimate of drug-likeness (QED) is 0.673. The molecule has 0 bridgehead atoms. The van der Waals surface area contributed by atoms with Crippen LogP contribution in [0.15, 0.2) is 16.6 Å². The van der Waals surface area contributed by atoms with Crippen LogP contribution in [-0.4, -0.2) is 11.1 Å². The van der Waals surface area contributed by atoms with Crippen LogP contribution in [0.3, 0.4) is 0 Å². The fourth-order valence-corrected chi connectivity index (χ4v) is 1.25. The number of halogens is 4. The molecule has 0 aromatic heterocycles. The molecule has 1 aromatic carbocycles. The summed E-state index contributed by atoms with van der Waals surface area (Å²) in [5.74, 6) is -4.51. The molecule has 0 aliphatic rings. The number of carboxylic acids is 1. The topological polar surface area (TPSA) is 37.3 Å². The van der Waals surface area contributed by atoms with Gasteiger partial charge in [-0.25, -0.2) is 13.2 Å². The number of carbonyl (C=O) groups is 1. The first-order valence-corrected chi connectivity index (χ1v) is 5.69. The summed E-state index contributed by atoms with van der Waals surface area (Å²) >= 11 is 2.80. The third-order valence-electron chi connectivity index (χ3n) is 1.69. The van der Waals surface area contributed by atoms with E-state index in [4.69, 9.17) is 5.11 Å². The standard InChI is InChI=1S/C6H2BrF3.C5H10O2/c7-3-1-4(8)6(10)5(9)2-3;1-2-3-4-5(6)7/h1-2H;2-4H2,1H3,(H,6,7). The van der Waals surface area contributed by atoms with E-state index in [1.165, 1.54) is 0 Å². The second-order valence-corrected chi connectivity index (χ2v) is 4.10. The summed E-state index contributed by atoms with van der Waals surface area (Å²) < 4.78 is 36.7. The highest BCUT2D eigenvalue weighted by Gasteiger charge is 2.08. The number of benzene rings is 1. The average molecular weight is 313 g/mol. The van der Waals surface area contributed by atoms with E-state index in [0.717, 1.165) is 25.0 Å². The van der Waals surface area contributed by atoms with Crippen molar-refractivity contribution in [2.45, 2.75) is 26.2 Å². The smallest absolute Gasteiger partial charge is 0.303 e. The van der Waals surface area contributed by atoms with Crippen molar-refractivity contribution in [1.29, 1.82) is 0 Å². The summed E-state index contributed by atoms with van der Waals surface area (Å²) in [5, 5.41) is 8.04. The molecule has 1 N–H and O–H groups in total. The Kier molecular flexibility index (Phi) is 7.61. The van der Waals surface area contributed by atoms with Crippen molar-refractivity contribution in [3.8, 4) is 0 Å². The average Bonchev–Trinajstić information content (AvgIpc) is 2.23. The third kappa shape index (κ3) is 6.99. The Morgan fingerprint density at radius 3 is 2.06 bits per heavy atom. The maximum Gasteiger partial charge on any atom is 0.303 e. The maximum absolute atomic E-state index is 12.2. The number of carboxylic acid groups (broad SMARTS) is 1. The molecule has 0 unspecified atom stereocenters. The highest BCUT2D eigenvalue weighted by atomic mass is 79.9. The molecule has 17 heavy (non-hydrogen) atoms. The lowest BCUT2D eigenvalue weighted by Crippen LogP contribution is -1.91. The van der Waals surface area contributed by atoms with Crippen LogP contribution >= 0.6 is 15.9 Å². The number of rotatable bonds is 3. The molecular formula is C11H12BrF3O2. The molecule has 0 atom stereocenters. The molecule has 0 fully saturated rings. The minimum atomic E-state index is -1.44. The molecule has 2 nitrogen and oxygen atoms in total. The Morgan fingerprint density at radius 2 is 1.76 bits per heavy atom. The number of hydrogen-bond donors (Lipinski definition) is 1. The van der Waals surface area contributed by atoms with Crippen LogP contribution in [0.1, 0.15) is 26.2 Å². The second-order valence-electron chi connectivity index (χ2n) is 3.18. The Labute approximate surface area is 106 Å². The molecule has 0 aliphatic heterocycles. The van der Waals surface area contributed by atoms with E-state index in [1.54, 1.807) is 0 Å². The zero-order valence-electron chi connectivity index (χ0n) is 9.14. The summed E-state index contributed by atoms with van der Waals surface area (Å²) in [4.78, 5) is 9.76. The first-order valence-electron chi connectivity index (χ1n) is 4.90. The fourth-order valence-electron chi connectivity index (χ4n) is 0.853. The first kappa shape index (κ1) is 16.0. The van der Waals surface area contributed by atoms with Crippen molar-refractivity contribution in [2.75, 3.05) is 0 Å². The van der Waals surface area contributed by atoms with Crippen LogP contribution < -0.4 is 0 Å². The van der Waals surface area contributed by atoms with Gasteiger partial charge in [0.15, 0.2) is 17.5 Å². The Morgan fingerprint density at radius 1 is 1.29 bits per heavy atom. The van der Waals surface area contributed by atoms with Gasteiger partial charge < -0.3 is 5.11 Å². The molecule has 0 aliphatic carbocycles. The number of unbranched alkanes of at least 4 members (excludes halogenated alkanes) is 1. The molecule has 96 valence electrons. The fraction of sp³-hybridized carbons (Fsp3) is 0.364. The van der Waals surface area contributed by atoms with Crippen LogP contribution in [0.5, 0.6) is 0 Å². The predicted molar refractivity (Wildman–Crippen MR) is 61.2 cm³/mol. The van der Waals surface area contributed by atoms with Gasteiger partial charge in [0, 0.05) is 10.9 Å². The van der Waals surface area contributed by atoms with Gasteiger partial charge in [-0.3, -0.25) is 4.79 Å². The van der Waals surface area contributed by atoms with Gasteiger partial charge in [-0.05, 0) is 18.6 Å². The molecular weight excluding hydrogens is 301 g/mol. The van der Waals surface area contributed by atoms with Gasteiger partial charge in [-0.15, -0.1) is 0 Å². The van der Waals surface area contributed by atoms with Gasteiger partial charge in [-0.1, -0.05) is 29.3 Å². The Hall–Kier alpha value is -1.04. The maximum atomic E-state index is 12.2. The van der Waals surface area contributed by atoms with Gasteiger partial charge in [0.1, 0.15) is 0 Å². The third-order valence-corrected chi connectivity index (χ3v) is 2.15. The molecule has 0 amide bonds. The zero-order chi connectivity index (χ0) is 13.4. The van der Waals surface area contributed by atoms with Crippen molar-refractivity contribution in [3.63, 3.8) is 0 Å². The monoisotopic (exact) mass is 312 g/mol. The second kappa shape index (κ2) is 8.11. The van der Waals surface area contributed by atoms with Gasteiger partial charge >= 0.3 is 5.97 Å². The number of aliphatic carboxylic acids is 1. The van der Waals surface area contributed by atoms with Crippen LogP contribution in [0, 0.1) is 17.5 Å². The predicted octanol–water partition coefficient (Wildman–Crippen LogP) is 4.13. The van der Waals surface area contributed by atoms with Gasteiger partial charge in [0.2, 0.25) is 0 Å². The van der Waals surface area contributed by atoms with E-state index in [-0.39, 0.29) is 4.47 Å². The summed E-state index contributed by atoms with van der Waals surface area (Å²) in [6, 6.07) is 1.72. The van der Waals surface area contributed by atoms with Crippen molar-refractivity contribution >= 4 is 21.9 Å². The van der Waals surface area contributed by atoms with E-state index in [2.05, 4.69) is 15.9 Å². The highest BCUT2D eigenvalue weighted by molar-refractivity contribution is 9.10. The molecule has 0 heterocycles. The molecule has 0 spiro atoms. The van der Waals surface area contributed by atoms with Crippen LogP contribution in [-0.2, 0) is 4.79 Å². The van der Waals surface area contributed by atoms with Gasteiger partial charge in [-0.2, -0.15) is 0 Å². The Balaban J connectivity index is 0.000000325. The van der Waals surface area contributed by atoms with E-state index in [0.29, 0.717) is 6.42 Å². The molecule has 1 aromatic rings. The van der Waals surface area contributed by atoms with Crippen LogP contribution in [0.25, 0.3) is 0 Å². The van der Waals surface area contributed by atoms with E-state index in [1.807, 2.05) is 6.92 Å². The molecule has 6 heteroatoms. The van der Waals surface area contributed by atoms with Crippen molar-refractivity contribution in [2.24, 2.45) is 0 Å². The minimum absolute atomic E-state index is 0.184. The highest BCUT2D eigenvalue weighted by Crippen LogP contribution is 2.17. The summed E-state index contributed by atoms with van der Waals surface area (Å²) in [6.45, 7) is 1.98.